The van der Waals surface area contributed by atoms with E-state index in [9.17, 15) is 13.2 Å². The van der Waals surface area contributed by atoms with E-state index < -0.39 is 10.0 Å². The van der Waals surface area contributed by atoms with Gasteiger partial charge in [-0.1, -0.05) is 39.8 Å². The molecular formula is C22H30N2O4S. The van der Waals surface area contributed by atoms with Crippen LogP contribution in [0.5, 0.6) is 5.75 Å². The van der Waals surface area contributed by atoms with Crippen molar-refractivity contribution in [2.75, 3.05) is 25.0 Å². The van der Waals surface area contributed by atoms with Gasteiger partial charge in [0.2, 0.25) is 10.0 Å². The number of carbonyl (C=O) groups excluding carboxylic acids is 1. The number of hydrogen-bond acceptors (Lipinski definition) is 4. The fourth-order valence-corrected chi connectivity index (χ4v) is 4.49. The van der Waals surface area contributed by atoms with E-state index in [0.29, 0.717) is 36.0 Å². The lowest BCUT2D eigenvalue weighted by molar-refractivity contribution is -0.118. The standard InChI is InChI=1S/C22H30N2O4S/c1-6-24(7-2)29(26,27)20-12-13-21(17(5)14-20)28-15-22(25)23-19-10-8-18(9-11-19)16(3)4/h8-14,16H,6-7,15H2,1-5H3,(H,23,25). The monoisotopic (exact) mass is 418 g/mol. The lowest BCUT2D eigenvalue weighted by atomic mass is 10.0. The van der Waals surface area contributed by atoms with Gasteiger partial charge in [-0.05, 0) is 54.3 Å². The highest BCUT2D eigenvalue weighted by Crippen LogP contribution is 2.24. The van der Waals surface area contributed by atoms with Gasteiger partial charge in [0.05, 0.1) is 4.90 Å². The molecular weight excluding hydrogens is 388 g/mol. The topological polar surface area (TPSA) is 75.7 Å². The van der Waals surface area contributed by atoms with E-state index in [1.807, 2.05) is 24.3 Å². The Morgan fingerprint density at radius 3 is 2.21 bits per heavy atom. The molecule has 0 aliphatic rings. The van der Waals surface area contributed by atoms with Gasteiger partial charge in [-0.3, -0.25) is 4.79 Å². The van der Waals surface area contributed by atoms with Crippen LogP contribution in [0.4, 0.5) is 5.69 Å². The van der Waals surface area contributed by atoms with Crippen LogP contribution in [0.1, 0.15) is 44.7 Å². The lowest BCUT2D eigenvalue weighted by Crippen LogP contribution is -2.30. The first kappa shape index (κ1) is 22.9. The quantitative estimate of drug-likeness (QED) is 0.663. The van der Waals surface area contributed by atoms with Gasteiger partial charge in [-0.15, -0.1) is 0 Å². The molecule has 1 N–H and O–H groups in total. The first-order valence-corrected chi connectivity index (χ1v) is 11.3. The van der Waals surface area contributed by atoms with Crippen molar-refractivity contribution in [3.05, 3.63) is 53.6 Å². The van der Waals surface area contributed by atoms with Gasteiger partial charge >= 0.3 is 0 Å². The van der Waals surface area contributed by atoms with Gasteiger partial charge in [0.25, 0.3) is 5.91 Å². The minimum Gasteiger partial charge on any atom is -0.483 e. The summed E-state index contributed by atoms with van der Waals surface area (Å²) in [5.41, 5.74) is 2.57. The van der Waals surface area contributed by atoms with Crippen LogP contribution in [0.25, 0.3) is 0 Å². The van der Waals surface area contributed by atoms with Crippen LogP contribution in [0.2, 0.25) is 0 Å². The number of hydrogen-bond donors (Lipinski definition) is 1. The van der Waals surface area contributed by atoms with E-state index in [1.165, 1.54) is 15.9 Å². The van der Waals surface area contributed by atoms with E-state index in [1.54, 1.807) is 32.9 Å². The third kappa shape index (κ3) is 5.81. The first-order chi connectivity index (χ1) is 13.7. The predicted octanol–water partition coefficient (Wildman–Crippen LogP) is 4.17. The number of nitrogens with zero attached hydrogens (tertiary/aromatic N) is 1. The average molecular weight is 419 g/mol. The summed E-state index contributed by atoms with van der Waals surface area (Å²) >= 11 is 0. The maximum Gasteiger partial charge on any atom is 0.262 e. The lowest BCUT2D eigenvalue weighted by Gasteiger charge is -2.19. The molecule has 29 heavy (non-hydrogen) atoms. The highest BCUT2D eigenvalue weighted by molar-refractivity contribution is 7.89. The third-order valence-electron chi connectivity index (χ3n) is 4.71. The minimum atomic E-state index is -3.52. The van der Waals surface area contributed by atoms with Gasteiger partial charge in [0.15, 0.2) is 6.61 Å². The number of aryl methyl sites for hydroxylation is 1. The first-order valence-electron chi connectivity index (χ1n) is 9.82. The molecule has 2 rings (SSSR count). The molecule has 6 nitrogen and oxygen atoms in total. The summed E-state index contributed by atoms with van der Waals surface area (Å²) in [7, 11) is -3.52. The fraction of sp³-hybridized carbons (Fsp3) is 0.409. The largest absolute Gasteiger partial charge is 0.483 e. The van der Waals surface area contributed by atoms with Crippen LogP contribution < -0.4 is 10.1 Å². The average Bonchev–Trinajstić information content (AvgIpc) is 2.68. The summed E-state index contributed by atoms with van der Waals surface area (Å²) in [4.78, 5) is 12.4. The minimum absolute atomic E-state index is 0.158. The number of benzene rings is 2. The Morgan fingerprint density at radius 1 is 1.07 bits per heavy atom. The summed E-state index contributed by atoms with van der Waals surface area (Å²) in [6.45, 7) is 10.3. The van der Waals surface area contributed by atoms with E-state index in [2.05, 4.69) is 19.2 Å². The maximum atomic E-state index is 12.6. The van der Waals surface area contributed by atoms with Crippen molar-refractivity contribution >= 4 is 21.6 Å². The summed E-state index contributed by atoms with van der Waals surface area (Å²) in [6, 6.07) is 12.4. The van der Waals surface area contributed by atoms with Gasteiger partial charge in [-0.25, -0.2) is 8.42 Å². The Kier molecular flexibility index (Phi) is 7.81. The van der Waals surface area contributed by atoms with Crippen molar-refractivity contribution < 1.29 is 17.9 Å². The summed E-state index contributed by atoms with van der Waals surface area (Å²) in [6.07, 6.45) is 0. The molecule has 0 aliphatic carbocycles. The zero-order chi connectivity index (χ0) is 21.6. The number of sulfonamides is 1. The highest BCUT2D eigenvalue weighted by Gasteiger charge is 2.22. The molecule has 1 amide bonds. The molecule has 0 aliphatic heterocycles. The van der Waals surface area contributed by atoms with Crippen LogP contribution in [0.3, 0.4) is 0 Å². The van der Waals surface area contributed by atoms with E-state index in [0.717, 1.165) is 0 Å². The fourth-order valence-electron chi connectivity index (χ4n) is 2.95. The second-order valence-electron chi connectivity index (χ2n) is 7.13. The molecule has 0 bridgehead atoms. The van der Waals surface area contributed by atoms with E-state index in [-0.39, 0.29) is 17.4 Å². The van der Waals surface area contributed by atoms with Crippen LogP contribution in [-0.4, -0.2) is 38.3 Å². The summed E-state index contributed by atoms with van der Waals surface area (Å²) < 4.78 is 32.2. The molecule has 0 unspecified atom stereocenters. The number of rotatable bonds is 9. The van der Waals surface area contributed by atoms with Gasteiger partial charge in [-0.2, -0.15) is 4.31 Å². The van der Waals surface area contributed by atoms with Crippen molar-refractivity contribution in [1.82, 2.24) is 4.31 Å². The zero-order valence-electron chi connectivity index (χ0n) is 17.7. The normalized spacial score (nSPS) is 11.7. The Morgan fingerprint density at radius 2 is 1.69 bits per heavy atom. The molecule has 2 aromatic rings. The molecule has 158 valence electrons. The van der Waals surface area contributed by atoms with Crippen molar-refractivity contribution in [3.8, 4) is 5.75 Å². The van der Waals surface area contributed by atoms with Crippen LogP contribution in [0, 0.1) is 6.92 Å². The number of amides is 1. The molecule has 7 heteroatoms. The SMILES string of the molecule is CCN(CC)S(=O)(=O)c1ccc(OCC(=O)Nc2ccc(C(C)C)cc2)c(C)c1. The Labute approximate surface area is 173 Å². The Balaban J connectivity index is 2.01. The van der Waals surface area contributed by atoms with E-state index >= 15 is 0 Å². The Hall–Kier alpha value is -2.38. The molecule has 2 aromatic carbocycles. The van der Waals surface area contributed by atoms with Crippen molar-refractivity contribution in [3.63, 3.8) is 0 Å². The maximum absolute atomic E-state index is 12.6. The van der Waals surface area contributed by atoms with Crippen LogP contribution >= 0.6 is 0 Å². The predicted molar refractivity (Wildman–Crippen MR) is 116 cm³/mol. The van der Waals surface area contributed by atoms with Gasteiger partial charge in [0.1, 0.15) is 5.75 Å². The molecule has 0 aromatic heterocycles. The number of nitrogens with one attached hydrogen (secondary N) is 1. The molecule has 0 fully saturated rings. The van der Waals surface area contributed by atoms with E-state index in [4.69, 9.17) is 4.74 Å². The van der Waals surface area contributed by atoms with Crippen LogP contribution in [0.15, 0.2) is 47.4 Å². The van der Waals surface area contributed by atoms with Crippen molar-refractivity contribution in [2.45, 2.75) is 45.4 Å². The second kappa shape index (κ2) is 9.89. The number of ether oxygens (including phenoxy) is 1. The smallest absolute Gasteiger partial charge is 0.262 e. The highest BCUT2D eigenvalue weighted by atomic mass is 32.2. The molecule has 0 spiro atoms. The Bertz CT molecular complexity index is 934. The van der Waals surface area contributed by atoms with Crippen molar-refractivity contribution in [2.24, 2.45) is 0 Å². The second-order valence-corrected chi connectivity index (χ2v) is 9.07. The van der Waals surface area contributed by atoms with Crippen LogP contribution in [-0.2, 0) is 14.8 Å². The summed E-state index contributed by atoms with van der Waals surface area (Å²) in [5.74, 6) is 0.634. The van der Waals surface area contributed by atoms with Crippen molar-refractivity contribution in [1.29, 1.82) is 0 Å². The zero-order valence-corrected chi connectivity index (χ0v) is 18.5. The summed E-state index contributed by atoms with van der Waals surface area (Å²) in [5, 5.41) is 2.80. The number of carbonyl (C=O) groups is 1. The number of anilines is 1. The molecule has 0 radical (unpaired) electrons. The molecule has 0 saturated heterocycles. The van der Waals surface area contributed by atoms with Gasteiger partial charge < -0.3 is 10.1 Å². The molecule has 0 heterocycles. The molecule has 0 atom stereocenters. The van der Waals surface area contributed by atoms with Gasteiger partial charge in [0, 0.05) is 18.8 Å². The molecule has 0 saturated carbocycles. The third-order valence-corrected chi connectivity index (χ3v) is 6.76.